The fourth-order valence-electron chi connectivity index (χ4n) is 2.46. The van der Waals surface area contributed by atoms with Gasteiger partial charge in [0.05, 0.1) is 17.3 Å². The number of carbonyl (C=O) groups is 1. The van der Waals surface area contributed by atoms with Crippen molar-refractivity contribution in [1.29, 1.82) is 0 Å². The van der Waals surface area contributed by atoms with Gasteiger partial charge in [-0.2, -0.15) is 0 Å². The normalized spacial score (nSPS) is 22.4. The summed E-state index contributed by atoms with van der Waals surface area (Å²) in [4.78, 5) is 17.7. The fraction of sp³-hybridized carbons (Fsp3) is 0.692. The Labute approximate surface area is 117 Å². The number of amides is 2. The van der Waals surface area contributed by atoms with Gasteiger partial charge < -0.3 is 15.3 Å². The van der Waals surface area contributed by atoms with Gasteiger partial charge in [-0.3, -0.25) is 0 Å². The maximum Gasteiger partial charge on any atom is 0.317 e. The molecule has 106 valence electrons. The molecule has 1 aromatic rings. The number of nitrogens with one attached hydrogen (secondary N) is 1. The van der Waals surface area contributed by atoms with Crippen molar-refractivity contribution in [2.24, 2.45) is 5.92 Å². The first-order valence-electron chi connectivity index (χ1n) is 6.71. The number of hydrogen-bond acceptors (Lipinski definition) is 4. The van der Waals surface area contributed by atoms with E-state index in [9.17, 15) is 9.90 Å². The highest BCUT2D eigenvalue weighted by Crippen LogP contribution is 2.25. The number of urea groups is 1. The molecule has 1 saturated carbocycles. The molecule has 19 heavy (non-hydrogen) atoms. The number of rotatable bonds is 5. The number of carbonyl (C=O) groups excluding carboxylic acids is 1. The molecule has 0 saturated heterocycles. The summed E-state index contributed by atoms with van der Waals surface area (Å²) in [7, 11) is 1.78. The molecule has 2 atom stereocenters. The molecule has 6 heteroatoms. The third-order valence-electron chi connectivity index (χ3n) is 3.61. The molecule has 1 aliphatic rings. The summed E-state index contributed by atoms with van der Waals surface area (Å²) in [6.07, 6.45) is 3.45. The van der Waals surface area contributed by atoms with E-state index in [0.717, 1.165) is 31.4 Å². The van der Waals surface area contributed by atoms with Crippen molar-refractivity contribution in [2.75, 3.05) is 20.1 Å². The van der Waals surface area contributed by atoms with E-state index in [1.807, 2.05) is 5.38 Å². The topological polar surface area (TPSA) is 65.5 Å². The molecule has 2 amide bonds. The number of aliphatic hydroxyl groups is 1. The molecule has 1 heterocycles. The van der Waals surface area contributed by atoms with Gasteiger partial charge in [0.15, 0.2) is 0 Å². The lowest BCUT2D eigenvalue weighted by molar-refractivity contribution is 0.114. The second-order valence-corrected chi connectivity index (χ2v) is 5.82. The average molecular weight is 283 g/mol. The third kappa shape index (κ3) is 4.18. The predicted octanol–water partition coefficient (Wildman–Crippen LogP) is 1.49. The second-order valence-electron chi connectivity index (χ2n) is 5.10. The average Bonchev–Trinajstić information content (AvgIpc) is 3.02. The summed E-state index contributed by atoms with van der Waals surface area (Å²) in [6, 6.07) is -0.0747. The van der Waals surface area contributed by atoms with E-state index in [0.29, 0.717) is 13.1 Å². The van der Waals surface area contributed by atoms with Crippen molar-refractivity contribution >= 4 is 17.4 Å². The molecule has 0 spiro atoms. The van der Waals surface area contributed by atoms with E-state index < -0.39 is 0 Å². The molecule has 0 radical (unpaired) electrons. The van der Waals surface area contributed by atoms with Crippen LogP contribution in [0.1, 0.15) is 25.0 Å². The number of aromatic nitrogens is 1. The Hall–Kier alpha value is -1.14. The van der Waals surface area contributed by atoms with E-state index >= 15 is 0 Å². The highest BCUT2D eigenvalue weighted by molar-refractivity contribution is 7.07. The Morgan fingerprint density at radius 3 is 3.11 bits per heavy atom. The van der Waals surface area contributed by atoms with Crippen LogP contribution in [0.15, 0.2) is 10.9 Å². The molecule has 5 nitrogen and oxygen atoms in total. The lowest BCUT2D eigenvalue weighted by atomic mass is 10.1. The summed E-state index contributed by atoms with van der Waals surface area (Å²) < 4.78 is 0. The van der Waals surface area contributed by atoms with E-state index in [4.69, 9.17) is 0 Å². The Morgan fingerprint density at radius 1 is 1.63 bits per heavy atom. The van der Waals surface area contributed by atoms with Crippen molar-refractivity contribution in [3.8, 4) is 0 Å². The summed E-state index contributed by atoms with van der Waals surface area (Å²) in [5.74, 6) is 0.231. The summed E-state index contributed by atoms with van der Waals surface area (Å²) in [5.41, 5.74) is 2.81. The maximum absolute atomic E-state index is 11.9. The zero-order chi connectivity index (χ0) is 13.7. The standard InChI is InChI=1S/C13H21N3O2S/c1-16(7-10-3-2-4-12(10)17)13(18)14-6-5-11-8-19-9-15-11/h8-10,12,17H,2-7H2,1H3,(H,14,18). The molecule has 2 N–H and O–H groups in total. The van der Waals surface area contributed by atoms with E-state index in [2.05, 4.69) is 10.3 Å². The van der Waals surface area contributed by atoms with Gasteiger partial charge in [-0.05, 0) is 12.8 Å². The lowest BCUT2D eigenvalue weighted by Crippen LogP contribution is -2.41. The smallest absolute Gasteiger partial charge is 0.317 e. The van der Waals surface area contributed by atoms with Crippen LogP contribution < -0.4 is 5.32 Å². The van der Waals surface area contributed by atoms with Crippen molar-refractivity contribution in [1.82, 2.24) is 15.2 Å². The molecule has 2 unspecified atom stereocenters. The Bertz CT molecular complexity index is 397. The van der Waals surface area contributed by atoms with Gasteiger partial charge in [-0.25, -0.2) is 9.78 Å². The molecular formula is C13H21N3O2S. The van der Waals surface area contributed by atoms with E-state index in [1.165, 1.54) is 0 Å². The second kappa shape index (κ2) is 6.86. The zero-order valence-corrected chi connectivity index (χ0v) is 12.0. The highest BCUT2D eigenvalue weighted by Gasteiger charge is 2.27. The van der Waals surface area contributed by atoms with Crippen LogP contribution in [0.2, 0.25) is 0 Å². The first kappa shape index (κ1) is 14.3. The van der Waals surface area contributed by atoms with Gasteiger partial charge in [-0.1, -0.05) is 6.42 Å². The molecule has 0 aliphatic heterocycles. The molecular weight excluding hydrogens is 262 g/mol. The molecule has 2 rings (SSSR count). The monoisotopic (exact) mass is 283 g/mol. The van der Waals surface area contributed by atoms with E-state index in [1.54, 1.807) is 28.8 Å². The first-order valence-corrected chi connectivity index (χ1v) is 7.65. The number of nitrogens with zero attached hydrogens (tertiary/aromatic N) is 2. The SMILES string of the molecule is CN(CC1CCCC1O)C(=O)NCCc1cscn1. The fourth-order valence-corrected chi connectivity index (χ4v) is 3.05. The number of aliphatic hydroxyl groups excluding tert-OH is 1. The molecule has 1 aliphatic carbocycles. The van der Waals surface area contributed by atoms with Crippen LogP contribution in [0.3, 0.4) is 0 Å². The van der Waals surface area contributed by atoms with Crippen LogP contribution in [0.4, 0.5) is 4.79 Å². The number of hydrogen-bond donors (Lipinski definition) is 2. The predicted molar refractivity (Wildman–Crippen MR) is 75.2 cm³/mol. The van der Waals surface area contributed by atoms with Crippen molar-refractivity contribution < 1.29 is 9.90 Å². The van der Waals surface area contributed by atoms with Crippen LogP contribution in [-0.2, 0) is 6.42 Å². The summed E-state index contributed by atoms with van der Waals surface area (Å²) >= 11 is 1.56. The minimum atomic E-state index is -0.245. The van der Waals surface area contributed by atoms with Gasteiger partial charge in [0.1, 0.15) is 0 Å². The Kier molecular flexibility index (Phi) is 5.15. The van der Waals surface area contributed by atoms with Gasteiger partial charge in [-0.15, -0.1) is 11.3 Å². The maximum atomic E-state index is 11.9. The van der Waals surface area contributed by atoms with Crippen LogP contribution in [0.5, 0.6) is 0 Å². The minimum Gasteiger partial charge on any atom is -0.393 e. The molecule has 1 fully saturated rings. The molecule has 0 bridgehead atoms. The molecule has 1 aromatic heterocycles. The van der Waals surface area contributed by atoms with Gasteiger partial charge in [0.2, 0.25) is 0 Å². The van der Waals surface area contributed by atoms with Gasteiger partial charge in [0, 0.05) is 37.9 Å². The largest absolute Gasteiger partial charge is 0.393 e. The quantitative estimate of drug-likeness (QED) is 0.860. The minimum absolute atomic E-state index is 0.0747. The van der Waals surface area contributed by atoms with Crippen molar-refractivity contribution in [3.63, 3.8) is 0 Å². The lowest BCUT2D eigenvalue weighted by Gasteiger charge is -2.23. The van der Waals surface area contributed by atoms with Gasteiger partial charge in [0.25, 0.3) is 0 Å². The van der Waals surface area contributed by atoms with Crippen molar-refractivity contribution in [3.05, 3.63) is 16.6 Å². The Morgan fingerprint density at radius 2 is 2.47 bits per heavy atom. The third-order valence-corrected chi connectivity index (χ3v) is 4.25. The van der Waals surface area contributed by atoms with Crippen LogP contribution in [0.25, 0.3) is 0 Å². The van der Waals surface area contributed by atoms with Crippen LogP contribution >= 0.6 is 11.3 Å². The van der Waals surface area contributed by atoms with Crippen LogP contribution in [-0.4, -0.2) is 47.3 Å². The van der Waals surface area contributed by atoms with Crippen LogP contribution in [0, 0.1) is 5.92 Å². The molecule has 0 aromatic carbocycles. The van der Waals surface area contributed by atoms with Crippen molar-refractivity contribution in [2.45, 2.75) is 31.8 Å². The van der Waals surface area contributed by atoms with E-state index in [-0.39, 0.29) is 18.1 Å². The highest BCUT2D eigenvalue weighted by atomic mass is 32.1. The first-order chi connectivity index (χ1) is 9.16. The number of thiazole rings is 1. The van der Waals surface area contributed by atoms with Gasteiger partial charge >= 0.3 is 6.03 Å². The summed E-state index contributed by atoms with van der Waals surface area (Å²) in [6.45, 7) is 1.23. The Balaban J connectivity index is 1.67. The summed E-state index contributed by atoms with van der Waals surface area (Å²) in [5, 5.41) is 14.6. The zero-order valence-electron chi connectivity index (χ0n) is 11.2.